The van der Waals surface area contributed by atoms with Gasteiger partial charge in [0.2, 0.25) is 5.96 Å². The number of nitrogens with two attached hydrogens (primary N) is 1. The molecule has 0 bridgehead atoms. The molecule has 0 spiro atoms. The summed E-state index contributed by atoms with van der Waals surface area (Å²) in [5.74, 6) is -0.260. The fourth-order valence-corrected chi connectivity index (χ4v) is 0.790. The predicted octanol–water partition coefficient (Wildman–Crippen LogP) is -1.68. The lowest BCUT2D eigenvalue weighted by Gasteiger charge is -1.96. The lowest BCUT2D eigenvalue weighted by molar-refractivity contribution is 0.232. The minimum atomic E-state index is -3.00. The molecule has 0 aliphatic carbocycles. The first kappa shape index (κ1) is 10.2. The monoisotopic (exact) mass is 181 g/mol. The van der Waals surface area contributed by atoms with Crippen molar-refractivity contribution in [3.8, 4) is 0 Å². The maximum atomic E-state index is 10.5. The SMILES string of the molecule is CS(=O)(=O)CCN=C(N)NO. The Hall–Kier alpha value is -0.820. The maximum Gasteiger partial charge on any atom is 0.212 e. The summed E-state index contributed by atoms with van der Waals surface area (Å²) in [6.07, 6.45) is 1.10. The smallest absolute Gasteiger partial charge is 0.212 e. The Kier molecular flexibility index (Phi) is 3.83. The third kappa shape index (κ3) is 7.07. The summed E-state index contributed by atoms with van der Waals surface area (Å²) < 4.78 is 21.0. The molecule has 0 aromatic carbocycles. The summed E-state index contributed by atoms with van der Waals surface area (Å²) >= 11 is 0. The summed E-state index contributed by atoms with van der Waals surface area (Å²) in [7, 11) is -3.00. The van der Waals surface area contributed by atoms with E-state index in [1.165, 1.54) is 0 Å². The first-order valence-electron chi connectivity index (χ1n) is 2.83. The Morgan fingerprint density at radius 3 is 2.64 bits per heavy atom. The van der Waals surface area contributed by atoms with Crippen LogP contribution in [0.1, 0.15) is 0 Å². The minimum absolute atomic E-state index is 0.0538. The number of nitrogens with zero attached hydrogens (tertiary/aromatic N) is 1. The molecular weight excluding hydrogens is 170 g/mol. The summed E-state index contributed by atoms with van der Waals surface area (Å²) in [6, 6.07) is 0. The Balaban J connectivity index is 3.75. The lowest BCUT2D eigenvalue weighted by Crippen LogP contribution is -2.29. The van der Waals surface area contributed by atoms with Gasteiger partial charge < -0.3 is 5.73 Å². The van der Waals surface area contributed by atoms with Crippen molar-refractivity contribution in [2.45, 2.75) is 0 Å². The van der Waals surface area contributed by atoms with Gasteiger partial charge >= 0.3 is 0 Å². The van der Waals surface area contributed by atoms with Crippen LogP contribution in [0.15, 0.2) is 4.99 Å². The molecule has 0 fully saturated rings. The van der Waals surface area contributed by atoms with Gasteiger partial charge in [0, 0.05) is 6.26 Å². The fourth-order valence-electron chi connectivity index (χ4n) is 0.367. The van der Waals surface area contributed by atoms with E-state index in [1.54, 1.807) is 5.48 Å². The van der Waals surface area contributed by atoms with E-state index in [2.05, 4.69) is 4.99 Å². The number of sulfone groups is 1. The van der Waals surface area contributed by atoms with Crippen molar-refractivity contribution in [3.05, 3.63) is 0 Å². The van der Waals surface area contributed by atoms with Crippen LogP contribution in [0.5, 0.6) is 0 Å². The van der Waals surface area contributed by atoms with Gasteiger partial charge in [0.05, 0.1) is 12.3 Å². The minimum Gasteiger partial charge on any atom is -0.368 e. The zero-order valence-corrected chi connectivity index (χ0v) is 6.93. The summed E-state index contributed by atoms with van der Waals surface area (Å²) in [5, 5.41) is 8.11. The van der Waals surface area contributed by atoms with Gasteiger partial charge in [-0.1, -0.05) is 0 Å². The van der Waals surface area contributed by atoms with Crippen LogP contribution in [0.25, 0.3) is 0 Å². The van der Waals surface area contributed by atoms with Crippen molar-refractivity contribution in [1.29, 1.82) is 0 Å². The molecule has 0 unspecified atom stereocenters. The van der Waals surface area contributed by atoms with Crippen molar-refractivity contribution in [3.63, 3.8) is 0 Å². The van der Waals surface area contributed by atoms with Gasteiger partial charge in [0.25, 0.3) is 0 Å². The Bertz CT molecular complexity index is 233. The number of nitrogens with one attached hydrogen (secondary N) is 1. The van der Waals surface area contributed by atoms with Gasteiger partial charge in [-0.15, -0.1) is 0 Å². The topological polar surface area (TPSA) is 105 Å². The van der Waals surface area contributed by atoms with Gasteiger partial charge in [0.1, 0.15) is 9.84 Å². The number of guanidine groups is 1. The van der Waals surface area contributed by atoms with Crippen LogP contribution < -0.4 is 11.2 Å². The summed E-state index contributed by atoms with van der Waals surface area (Å²) in [6.45, 7) is 0.0538. The molecule has 0 aliphatic rings. The van der Waals surface area contributed by atoms with Gasteiger partial charge in [-0.3, -0.25) is 10.2 Å². The highest BCUT2D eigenvalue weighted by Crippen LogP contribution is 1.81. The normalized spacial score (nSPS) is 13.1. The number of hydroxylamine groups is 1. The zero-order chi connectivity index (χ0) is 8.91. The quantitative estimate of drug-likeness (QED) is 0.274. The molecule has 7 heteroatoms. The van der Waals surface area contributed by atoms with Gasteiger partial charge in [0.15, 0.2) is 0 Å². The zero-order valence-electron chi connectivity index (χ0n) is 6.11. The molecule has 0 saturated carbocycles. The lowest BCUT2D eigenvalue weighted by atomic mass is 10.8. The molecule has 11 heavy (non-hydrogen) atoms. The highest BCUT2D eigenvalue weighted by atomic mass is 32.2. The van der Waals surface area contributed by atoms with Crippen molar-refractivity contribution < 1.29 is 13.6 Å². The average Bonchev–Trinajstić information content (AvgIpc) is 1.85. The number of hydrogen-bond acceptors (Lipinski definition) is 4. The number of hydrogen-bond donors (Lipinski definition) is 3. The first-order valence-corrected chi connectivity index (χ1v) is 4.89. The van der Waals surface area contributed by atoms with E-state index in [0.29, 0.717) is 0 Å². The van der Waals surface area contributed by atoms with Crippen LogP contribution >= 0.6 is 0 Å². The molecule has 0 rings (SSSR count). The Labute approximate surface area is 65.0 Å². The molecule has 0 amide bonds. The fraction of sp³-hybridized carbons (Fsp3) is 0.750. The molecule has 0 aliphatic heterocycles. The molecule has 66 valence electrons. The van der Waals surface area contributed by atoms with Crippen LogP contribution in [0.4, 0.5) is 0 Å². The van der Waals surface area contributed by atoms with E-state index in [9.17, 15) is 8.42 Å². The molecule has 0 aromatic heterocycles. The van der Waals surface area contributed by atoms with Crippen LogP contribution in [0, 0.1) is 0 Å². The van der Waals surface area contributed by atoms with Crippen molar-refractivity contribution >= 4 is 15.8 Å². The van der Waals surface area contributed by atoms with E-state index in [-0.39, 0.29) is 18.3 Å². The second-order valence-corrected chi connectivity index (χ2v) is 4.27. The van der Waals surface area contributed by atoms with Crippen molar-refractivity contribution in [1.82, 2.24) is 5.48 Å². The van der Waals surface area contributed by atoms with Crippen LogP contribution in [-0.4, -0.2) is 38.1 Å². The van der Waals surface area contributed by atoms with Crippen LogP contribution in [0.2, 0.25) is 0 Å². The van der Waals surface area contributed by atoms with Gasteiger partial charge in [-0.05, 0) is 0 Å². The average molecular weight is 181 g/mol. The first-order chi connectivity index (χ1) is 4.95. The highest BCUT2D eigenvalue weighted by Gasteiger charge is 1.99. The molecule has 0 atom stereocenters. The van der Waals surface area contributed by atoms with Gasteiger partial charge in [-0.2, -0.15) is 0 Å². The standard InChI is InChI=1S/C4H11N3O3S/c1-11(9,10)3-2-6-4(5)7-8/h8H,2-3H2,1H3,(H3,5,6,7). The molecule has 0 aromatic rings. The van der Waals surface area contributed by atoms with E-state index < -0.39 is 9.84 Å². The van der Waals surface area contributed by atoms with E-state index in [0.717, 1.165) is 6.26 Å². The van der Waals surface area contributed by atoms with Gasteiger partial charge in [-0.25, -0.2) is 13.9 Å². The van der Waals surface area contributed by atoms with E-state index in [1.807, 2.05) is 0 Å². The summed E-state index contributed by atoms with van der Waals surface area (Å²) in [4.78, 5) is 3.48. The van der Waals surface area contributed by atoms with Crippen LogP contribution in [-0.2, 0) is 9.84 Å². The van der Waals surface area contributed by atoms with Crippen molar-refractivity contribution in [2.24, 2.45) is 10.7 Å². The second-order valence-electron chi connectivity index (χ2n) is 2.01. The Morgan fingerprint density at radius 2 is 2.27 bits per heavy atom. The largest absolute Gasteiger partial charge is 0.368 e. The molecule has 0 radical (unpaired) electrons. The third-order valence-corrected chi connectivity index (χ3v) is 1.78. The maximum absolute atomic E-state index is 10.5. The highest BCUT2D eigenvalue weighted by molar-refractivity contribution is 7.90. The summed E-state index contributed by atoms with van der Waals surface area (Å²) in [5.41, 5.74) is 6.58. The Morgan fingerprint density at radius 1 is 1.73 bits per heavy atom. The van der Waals surface area contributed by atoms with E-state index >= 15 is 0 Å². The van der Waals surface area contributed by atoms with E-state index in [4.69, 9.17) is 10.9 Å². The predicted molar refractivity (Wildman–Crippen MR) is 41.1 cm³/mol. The molecule has 0 saturated heterocycles. The molecule has 4 N–H and O–H groups in total. The number of rotatable bonds is 3. The molecule has 6 nitrogen and oxygen atoms in total. The van der Waals surface area contributed by atoms with Crippen LogP contribution in [0.3, 0.4) is 0 Å². The van der Waals surface area contributed by atoms with Crippen molar-refractivity contribution in [2.75, 3.05) is 18.6 Å². The third-order valence-electron chi connectivity index (χ3n) is 0.859. The second kappa shape index (κ2) is 4.14. The molecular formula is C4H11N3O3S. The molecule has 0 heterocycles. The number of aliphatic imine (C=N–C) groups is 1.